The molecule has 1 heterocycles. The lowest BCUT2D eigenvalue weighted by Crippen LogP contribution is -2.37. The van der Waals surface area contributed by atoms with E-state index in [0.29, 0.717) is 23.7 Å². The largest absolute Gasteiger partial charge is 0.341 e. The topological polar surface area (TPSA) is 76.0 Å². The van der Waals surface area contributed by atoms with E-state index in [1.165, 1.54) is 0 Å². The van der Waals surface area contributed by atoms with Crippen LogP contribution in [0.3, 0.4) is 0 Å². The summed E-state index contributed by atoms with van der Waals surface area (Å²) >= 11 is 5.90. The van der Waals surface area contributed by atoms with Crippen LogP contribution in [0.25, 0.3) is 0 Å². The summed E-state index contributed by atoms with van der Waals surface area (Å²) in [6, 6.07) is 14.3. The van der Waals surface area contributed by atoms with Crippen molar-refractivity contribution in [2.45, 2.75) is 25.9 Å². The molecule has 7 heteroatoms. The second-order valence-corrected chi connectivity index (χ2v) is 6.81. The molecular weight excluding hydrogens is 376 g/mol. The third-order valence-electron chi connectivity index (χ3n) is 4.33. The maximum atomic E-state index is 12.3. The van der Waals surface area contributed by atoms with Crippen LogP contribution >= 0.6 is 11.6 Å². The number of imidazole rings is 1. The molecule has 0 bridgehead atoms. The summed E-state index contributed by atoms with van der Waals surface area (Å²) in [6.07, 6.45) is 6.00. The fraction of sp³-hybridized carbons (Fsp3) is 0.190. The first-order valence-electron chi connectivity index (χ1n) is 8.97. The van der Waals surface area contributed by atoms with Crippen LogP contribution in [-0.4, -0.2) is 21.4 Å². The van der Waals surface area contributed by atoms with E-state index in [1.54, 1.807) is 36.8 Å². The molecule has 0 radical (unpaired) electrons. The molecule has 2 amide bonds. The van der Waals surface area contributed by atoms with E-state index in [9.17, 15) is 9.59 Å². The van der Waals surface area contributed by atoms with Gasteiger partial charge in [-0.3, -0.25) is 9.59 Å². The van der Waals surface area contributed by atoms with Gasteiger partial charge in [0.2, 0.25) is 0 Å². The molecule has 28 heavy (non-hydrogen) atoms. The van der Waals surface area contributed by atoms with Gasteiger partial charge in [0.15, 0.2) is 0 Å². The van der Waals surface area contributed by atoms with E-state index in [1.807, 2.05) is 42.0 Å². The summed E-state index contributed by atoms with van der Waals surface area (Å²) in [5, 5.41) is 6.01. The van der Waals surface area contributed by atoms with Crippen LogP contribution in [0.1, 0.15) is 30.5 Å². The molecule has 0 aliphatic heterocycles. The van der Waals surface area contributed by atoms with Crippen molar-refractivity contribution in [2.75, 3.05) is 5.32 Å². The molecule has 2 N–H and O–H groups in total. The molecule has 0 spiro atoms. The zero-order valence-corrected chi connectivity index (χ0v) is 16.2. The number of nitrogens with one attached hydrogen (secondary N) is 2. The second kappa shape index (κ2) is 9.19. The molecule has 0 aliphatic rings. The summed E-state index contributed by atoms with van der Waals surface area (Å²) in [4.78, 5) is 28.5. The molecule has 0 aliphatic carbocycles. The highest BCUT2D eigenvalue weighted by Crippen LogP contribution is 2.19. The first kappa shape index (κ1) is 19.6. The van der Waals surface area contributed by atoms with Crippen molar-refractivity contribution >= 4 is 29.1 Å². The second-order valence-electron chi connectivity index (χ2n) is 6.37. The van der Waals surface area contributed by atoms with Gasteiger partial charge >= 0.3 is 11.8 Å². The number of hydrogen-bond acceptors (Lipinski definition) is 3. The molecule has 144 valence electrons. The number of carbonyl (C=O) groups excluding carboxylic acids is 2. The van der Waals surface area contributed by atoms with Gasteiger partial charge in [-0.15, -0.1) is 0 Å². The Morgan fingerprint density at radius 2 is 1.79 bits per heavy atom. The van der Waals surface area contributed by atoms with Crippen molar-refractivity contribution in [3.8, 4) is 0 Å². The van der Waals surface area contributed by atoms with E-state index >= 15 is 0 Å². The van der Waals surface area contributed by atoms with Crippen LogP contribution in [0.15, 0.2) is 67.3 Å². The summed E-state index contributed by atoms with van der Waals surface area (Å²) in [5.41, 5.74) is 2.53. The number of nitrogens with zero attached hydrogens (tertiary/aromatic N) is 2. The monoisotopic (exact) mass is 396 g/mol. The number of amides is 2. The maximum absolute atomic E-state index is 12.3. The van der Waals surface area contributed by atoms with Gasteiger partial charge in [-0.2, -0.15) is 0 Å². The number of anilines is 1. The van der Waals surface area contributed by atoms with E-state index < -0.39 is 11.8 Å². The fourth-order valence-electron chi connectivity index (χ4n) is 2.81. The Balaban J connectivity index is 1.57. The number of rotatable bonds is 6. The highest BCUT2D eigenvalue weighted by molar-refractivity contribution is 6.39. The summed E-state index contributed by atoms with van der Waals surface area (Å²) in [6.45, 7) is 2.63. The van der Waals surface area contributed by atoms with Crippen molar-refractivity contribution in [3.05, 3.63) is 83.4 Å². The molecule has 0 unspecified atom stereocenters. The Morgan fingerprint density at radius 1 is 1.07 bits per heavy atom. The number of aromatic nitrogens is 2. The van der Waals surface area contributed by atoms with Crippen LogP contribution in [0, 0.1) is 0 Å². The average molecular weight is 397 g/mol. The third kappa shape index (κ3) is 5.20. The molecule has 0 saturated carbocycles. The molecule has 2 aromatic carbocycles. The predicted octanol–water partition coefficient (Wildman–Crippen LogP) is 3.79. The molecule has 0 fully saturated rings. The number of benzene rings is 2. The third-order valence-corrected chi connectivity index (χ3v) is 4.58. The minimum Gasteiger partial charge on any atom is -0.341 e. The molecule has 3 rings (SSSR count). The smallest absolute Gasteiger partial charge is 0.313 e. The zero-order valence-electron chi connectivity index (χ0n) is 15.4. The van der Waals surface area contributed by atoms with Gasteiger partial charge in [0.25, 0.3) is 0 Å². The van der Waals surface area contributed by atoms with Crippen molar-refractivity contribution in [1.82, 2.24) is 14.9 Å². The van der Waals surface area contributed by atoms with Gasteiger partial charge in [-0.05, 0) is 41.8 Å². The lowest BCUT2D eigenvalue weighted by Gasteiger charge is -2.17. The van der Waals surface area contributed by atoms with E-state index in [-0.39, 0.29) is 6.04 Å². The van der Waals surface area contributed by atoms with Crippen LogP contribution in [0.2, 0.25) is 5.02 Å². The molecule has 3 aromatic rings. The highest BCUT2D eigenvalue weighted by atomic mass is 35.5. The van der Waals surface area contributed by atoms with Crippen molar-refractivity contribution < 1.29 is 9.59 Å². The lowest BCUT2D eigenvalue weighted by atomic mass is 10.0. The van der Waals surface area contributed by atoms with Gasteiger partial charge in [-0.25, -0.2) is 4.98 Å². The predicted molar refractivity (Wildman–Crippen MR) is 109 cm³/mol. The average Bonchev–Trinajstić information content (AvgIpc) is 3.21. The quantitative estimate of drug-likeness (QED) is 0.622. The van der Waals surface area contributed by atoms with Crippen LogP contribution in [-0.2, 0) is 16.1 Å². The standard InChI is InChI=1S/C21H21ClN4O2/c1-2-19(16-5-7-17(22)8-6-16)25-21(28)20(27)24-18-9-3-15(4-10-18)13-26-12-11-23-14-26/h3-12,14,19H,2,13H2,1H3,(H,24,27)(H,25,28)/t19-/m0/s1. The van der Waals surface area contributed by atoms with Gasteiger partial charge in [0, 0.05) is 29.6 Å². The van der Waals surface area contributed by atoms with Gasteiger partial charge in [0.05, 0.1) is 12.4 Å². The highest BCUT2D eigenvalue weighted by Gasteiger charge is 2.19. The number of hydrogen-bond donors (Lipinski definition) is 2. The Morgan fingerprint density at radius 3 is 2.39 bits per heavy atom. The Bertz CT molecular complexity index is 922. The minimum atomic E-state index is -0.699. The summed E-state index contributed by atoms with van der Waals surface area (Å²) < 4.78 is 1.95. The van der Waals surface area contributed by atoms with E-state index in [2.05, 4.69) is 15.6 Å². The molecular formula is C21H21ClN4O2. The fourth-order valence-corrected chi connectivity index (χ4v) is 2.94. The van der Waals surface area contributed by atoms with Crippen LogP contribution in [0.4, 0.5) is 5.69 Å². The number of halogens is 1. The Hall–Kier alpha value is -3.12. The van der Waals surface area contributed by atoms with E-state index in [0.717, 1.165) is 11.1 Å². The molecule has 6 nitrogen and oxygen atoms in total. The zero-order chi connectivity index (χ0) is 19.9. The van der Waals surface area contributed by atoms with Crippen LogP contribution < -0.4 is 10.6 Å². The van der Waals surface area contributed by atoms with Crippen LogP contribution in [0.5, 0.6) is 0 Å². The Kier molecular flexibility index (Phi) is 6.45. The molecule has 1 atom stereocenters. The van der Waals surface area contributed by atoms with Crippen molar-refractivity contribution in [3.63, 3.8) is 0 Å². The maximum Gasteiger partial charge on any atom is 0.313 e. The van der Waals surface area contributed by atoms with Gasteiger partial charge in [0.1, 0.15) is 0 Å². The van der Waals surface area contributed by atoms with E-state index in [4.69, 9.17) is 11.6 Å². The summed E-state index contributed by atoms with van der Waals surface area (Å²) in [5.74, 6) is -1.38. The lowest BCUT2D eigenvalue weighted by molar-refractivity contribution is -0.136. The SMILES string of the molecule is CC[C@H](NC(=O)C(=O)Nc1ccc(Cn2ccnc2)cc1)c1ccc(Cl)cc1. The first-order valence-corrected chi connectivity index (χ1v) is 9.35. The molecule has 0 saturated heterocycles. The first-order chi connectivity index (χ1) is 13.5. The minimum absolute atomic E-state index is 0.256. The van der Waals surface area contributed by atoms with Gasteiger partial charge in [-0.1, -0.05) is 42.8 Å². The van der Waals surface area contributed by atoms with Crippen molar-refractivity contribution in [1.29, 1.82) is 0 Å². The van der Waals surface area contributed by atoms with Gasteiger partial charge < -0.3 is 15.2 Å². The number of carbonyl (C=O) groups is 2. The molecule has 1 aromatic heterocycles. The normalized spacial score (nSPS) is 11.6. The van der Waals surface area contributed by atoms with Crippen molar-refractivity contribution in [2.24, 2.45) is 0 Å². The Labute approximate surface area is 168 Å². The summed E-state index contributed by atoms with van der Waals surface area (Å²) in [7, 11) is 0.